The second-order valence-electron chi connectivity index (χ2n) is 6.58. The quantitative estimate of drug-likeness (QED) is 0.386. The maximum absolute atomic E-state index is 4.90. The van der Waals surface area contributed by atoms with Crippen molar-refractivity contribution in [1.29, 1.82) is 0 Å². The molecular weight excluding hydrogens is 248 g/mol. The maximum atomic E-state index is 4.90. The monoisotopic (exact) mass is 282 g/mol. The van der Waals surface area contributed by atoms with Crippen LogP contribution in [0.3, 0.4) is 0 Å². The van der Waals surface area contributed by atoms with Crippen molar-refractivity contribution in [2.75, 3.05) is 0 Å². The van der Waals surface area contributed by atoms with Crippen LogP contribution in [0.1, 0.15) is 81.1 Å². The van der Waals surface area contributed by atoms with Crippen molar-refractivity contribution in [2.24, 2.45) is 10.8 Å². The molecule has 0 amide bonds. The van der Waals surface area contributed by atoms with E-state index in [4.69, 9.17) is 12.6 Å². The average molecular weight is 283 g/mol. The Balaban J connectivity index is 5.64. The molecule has 0 aliphatic rings. The highest BCUT2D eigenvalue weighted by molar-refractivity contribution is 7.84. The molecule has 0 radical (unpaired) electrons. The Bertz CT molecular complexity index is 341. The predicted molar refractivity (Wildman–Crippen MR) is 92.8 cm³/mol. The van der Waals surface area contributed by atoms with Gasteiger partial charge in [0, 0.05) is 4.91 Å². The Hall–Kier alpha value is -0.170. The summed E-state index contributed by atoms with van der Waals surface area (Å²) in [6.07, 6.45) is 7.02. The van der Waals surface area contributed by atoms with Crippen LogP contribution in [0.2, 0.25) is 0 Å². The molecule has 1 heteroatoms. The molecule has 0 aromatic carbocycles. The van der Waals surface area contributed by atoms with E-state index in [0.717, 1.165) is 12.8 Å². The highest BCUT2D eigenvalue weighted by Crippen LogP contribution is 2.44. The molecule has 0 aromatic heterocycles. The van der Waals surface area contributed by atoms with Gasteiger partial charge in [0.1, 0.15) is 0 Å². The molecule has 0 aliphatic carbocycles. The summed E-state index contributed by atoms with van der Waals surface area (Å²) in [5.74, 6) is 0. The largest absolute Gasteiger partial charge is 0.143 e. The molecule has 0 N–H and O–H groups in total. The standard InChI is InChI=1S/C18H34S/c1-9-13-17(6,7)14(5)16(19)15(10-2)18(8,11-3)12-4/h10,19H,9,11-13H2,1-8H3/b15-10+,16-14-. The van der Waals surface area contributed by atoms with E-state index >= 15 is 0 Å². The summed E-state index contributed by atoms with van der Waals surface area (Å²) < 4.78 is 0. The summed E-state index contributed by atoms with van der Waals surface area (Å²) in [7, 11) is 0. The molecular formula is C18H34S. The van der Waals surface area contributed by atoms with Crippen molar-refractivity contribution in [2.45, 2.75) is 81.1 Å². The smallest absolute Gasteiger partial charge is 0.00689 e. The van der Waals surface area contributed by atoms with Crippen LogP contribution in [0.5, 0.6) is 0 Å². The zero-order chi connectivity index (χ0) is 15.3. The van der Waals surface area contributed by atoms with Gasteiger partial charge in [-0.3, -0.25) is 0 Å². The van der Waals surface area contributed by atoms with Crippen molar-refractivity contribution in [3.63, 3.8) is 0 Å². The molecule has 0 heterocycles. The number of thiol groups is 1. The SMILES string of the molecule is C/C=C(\C(S)=C(/C)C(C)(C)CCC)C(C)(CC)CC. The van der Waals surface area contributed by atoms with Crippen molar-refractivity contribution in [3.8, 4) is 0 Å². The molecule has 0 saturated heterocycles. The Morgan fingerprint density at radius 1 is 1.05 bits per heavy atom. The topological polar surface area (TPSA) is 0 Å². The van der Waals surface area contributed by atoms with Crippen molar-refractivity contribution >= 4 is 12.6 Å². The number of rotatable bonds is 7. The molecule has 0 saturated carbocycles. The van der Waals surface area contributed by atoms with Crippen LogP contribution in [0.15, 0.2) is 22.1 Å². The molecule has 0 nitrogen and oxygen atoms in total. The fourth-order valence-corrected chi connectivity index (χ4v) is 3.44. The van der Waals surface area contributed by atoms with Gasteiger partial charge in [-0.2, -0.15) is 0 Å². The van der Waals surface area contributed by atoms with Crippen LogP contribution in [-0.2, 0) is 0 Å². The van der Waals surface area contributed by atoms with Gasteiger partial charge in [0.2, 0.25) is 0 Å². The third-order valence-corrected chi connectivity index (χ3v) is 5.58. The predicted octanol–water partition coefficient (Wildman–Crippen LogP) is 6.79. The Morgan fingerprint density at radius 2 is 1.53 bits per heavy atom. The van der Waals surface area contributed by atoms with E-state index < -0.39 is 0 Å². The number of allylic oxidation sites excluding steroid dienone is 3. The Morgan fingerprint density at radius 3 is 1.84 bits per heavy atom. The summed E-state index contributed by atoms with van der Waals surface area (Å²) in [6.45, 7) is 18.3. The second-order valence-corrected chi connectivity index (χ2v) is 7.02. The first-order valence-electron chi connectivity index (χ1n) is 7.77. The lowest BCUT2D eigenvalue weighted by molar-refractivity contribution is 0.368. The lowest BCUT2D eigenvalue weighted by Gasteiger charge is -2.34. The zero-order valence-electron chi connectivity index (χ0n) is 14.4. The summed E-state index contributed by atoms with van der Waals surface area (Å²) >= 11 is 4.90. The van der Waals surface area contributed by atoms with Gasteiger partial charge in [-0.05, 0) is 49.5 Å². The molecule has 0 aliphatic heterocycles. The third-order valence-electron chi connectivity index (χ3n) is 5.00. The molecule has 0 fully saturated rings. The summed E-state index contributed by atoms with van der Waals surface area (Å²) in [6, 6.07) is 0. The van der Waals surface area contributed by atoms with Gasteiger partial charge >= 0.3 is 0 Å². The molecule has 112 valence electrons. The third kappa shape index (κ3) is 4.41. The van der Waals surface area contributed by atoms with E-state index in [1.807, 2.05) is 0 Å². The van der Waals surface area contributed by atoms with E-state index in [-0.39, 0.29) is 10.8 Å². The Labute approximate surface area is 127 Å². The van der Waals surface area contributed by atoms with Gasteiger partial charge in [0.25, 0.3) is 0 Å². The lowest BCUT2D eigenvalue weighted by atomic mass is 9.73. The van der Waals surface area contributed by atoms with Crippen LogP contribution in [0, 0.1) is 10.8 Å². The molecule has 0 rings (SSSR count). The van der Waals surface area contributed by atoms with Crippen molar-refractivity contribution in [3.05, 3.63) is 22.1 Å². The summed E-state index contributed by atoms with van der Waals surface area (Å²) in [5, 5.41) is 0. The lowest BCUT2D eigenvalue weighted by Crippen LogP contribution is -2.21. The average Bonchev–Trinajstić information content (AvgIpc) is 2.37. The van der Waals surface area contributed by atoms with E-state index in [2.05, 4.69) is 61.5 Å². The Kier molecular flexibility index (Phi) is 7.50. The molecule has 0 bridgehead atoms. The van der Waals surface area contributed by atoms with Crippen LogP contribution in [0.25, 0.3) is 0 Å². The second kappa shape index (κ2) is 7.57. The fourth-order valence-electron chi connectivity index (χ4n) is 2.74. The van der Waals surface area contributed by atoms with Gasteiger partial charge in [-0.25, -0.2) is 0 Å². The van der Waals surface area contributed by atoms with Crippen LogP contribution >= 0.6 is 12.6 Å². The molecule has 0 unspecified atom stereocenters. The summed E-state index contributed by atoms with van der Waals surface area (Å²) in [5.41, 5.74) is 3.33. The van der Waals surface area contributed by atoms with Crippen LogP contribution in [-0.4, -0.2) is 0 Å². The first-order valence-corrected chi connectivity index (χ1v) is 8.22. The van der Waals surface area contributed by atoms with E-state index in [0.29, 0.717) is 0 Å². The first kappa shape index (κ1) is 18.8. The van der Waals surface area contributed by atoms with Gasteiger partial charge in [0.05, 0.1) is 0 Å². The minimum atomic E-state index is 0.239. The molecule has 0 aromatic rings. The molecule has 0 spiro atoms. The van der Waals surface area contributed by atoms with Crippen molar-refractivity contribution < 1.29 is 0 Å². The van der Waals surface area contributed by atoms with Gasteiger partial charge in [-0.15, -0.1) is 12.6 Å². The molecule has 0 atom stereocenters. The van der Waals surface area contributed by atoms with E-state index in [1.165, 1.54) is 28.9 Å². The minimum Gasteiger partial charge on any atom is -0.143 e. The highest BCUT2D eigenvalue weighted by Gasteiger charge is 2.29. The van der Waals surface area contributed by atoms with E-state index in [1.54, 1.807) is 0 Å². The molecule has 19 heavy (non-hydrogen) atoms. The fraction of sp³-hybridized carbons (Fsp3) is 0.778. The first-order chi connectivity index (χ1) is 8.70. The zero-order valence-corrected chi connectivity index (χ0v) is 15.2. The van der Waals surface area contributed by atoms with Crippen LogP contribution in [0.4, 0.5) is 0 Å². The van der Waals surface area contributed by atoms with Gasteiger partial charge < -0.3 is 0 Å². The van der Waals surface area contributed by atoms with E-state index in [9.17, 15) is 0 Å². The van der Waals surface area contributed by atoms with Crippen LogP contribution < -0.4 is 0 Å². The highest BCUT2D eigenvalue weighted by atomic mass is 32.1. The normalized spacial score (nSPS) is 15.5. The number of hydrogen-bond acceptors (Lipinski definition) is 1. The van der Waals surface area contributed by atoms with Gasteiger partial charge in [0.15, 0.2) is 0 Å². The van der Waals surface area contributed by atoms with Crippen molar-refractivity contribution in [1.82, 2.24) is 0 Å². The summed E-state index contributed by atoms with van der Waals surface area (Å²) in [4.78, 5) is 1.21. The number of hydrogen-bond donors (Lipinski definition) is 1. The minimum absolute atomic E-state index is 0.239. The maximum Gasteiger partial charge on any atom is 0.00689 e. The van der Waals surface area contributed by atoms with Gasteiger partial charge in [-0.1, -0.05) is 59.6 Å².